The van der Waals surface area contributed by atoms with E-state index in [4.69, 9.17) is 5.11 Å². The molecule has 1 saturated carbocycles. The van der Waals surface area contributed by atoms with Crippen molar-refractivity contribution < 1.29 is 13.5 Å². The number of thiophene rings is 1. The standard InChI is InChI=1S/C13H21NO3S2/c1-14(11-6-4-2-3-5-7-11)19(16,17)13-9-8-12(10-15)18-13/h8-9,11,15H,2-7,10H2,1H3. The molecule has 108 valence electrons. The molecule has 0 aliphatic heterocycles. The molecule has 4 nitrogen and oxygen atoms in total. The number of hydrogen-bond donors (Lipinski definition) is 1. The highest BCUT2D eigenvalue weighted by Gasteiger charge is 2.29. The van der Waals surface area contributed by atoms with Gasteiger partial charge in [-0.25, -0.2) is 8.42 Å². The van der Waals surface area contributed by atoms with Crippen molar-refractivity contribution in [3.8, 4) is 0 Å². The van der Waals surface area contributed by atoms with E-state index >= 15 is 0 Å². The molecule has 1 N–H and O–H groups in total. The smallest absolute Gasteiger partial charge is 0.252 e. The van der Waals surface area contributed by atoms with Gasteiger partial charge in [0.2, 0.25) is 0 Å². The molecule has 0 saturated heterocycles. The fraction of sp³-hybridized carbons (Fsp3) is 0.692. The van der Waals surface area contributed by atoms with Crippen molar-refractivity contribution in [2.75, 3.05) is 7.05 Å². The minimum absolute atomic E-state index is 0.104. The topological polar surface area (TPSA) is 57.6 Å². The number of hydrogen-bond acceptors (Lipinski definition) is 4. The fourth-order valence-electron chi connectivity index (χ4n) is 2.54. The normalized spacial score (nSPS) is 18.7. The van der Waals surface area contributed by atoms with Crippen molar-refractivity contribution in [2.24, 2.45) is 0 Å². The SMILES string of the molecule is CN(C1CCCCCC1)S(=O)(=O)c1ccc(CO)s1. The number of aliphatic hydroxyl groups excluding tert-OH is 1. The number of aliphatic hydroxyl groups is 1. The molecule has 1 fully saturated rings. The highest BCUT2D eigenvalue weighted by Crippen LogP contribution is 2.29. The third-order valence-corrected chi connectivity index (χ3v) is 7.21. The molecule has 0 radical (unpaired) electrons. The summed E-state index contributed by atoms with van der Waals surface area (Å²) >= 11 is 1.16. The third kappa shape index (κ3) is 3.37. The summed E-state index contributed by atoms with van der Waals surface area (Å²) in [5.41, 5.74) is 0. The molecular formula is C13H21NO3S2. The lowest BCUT2D eigenvalue weighted by molar-refractivity contribution is 0.285. The van der Waals surface area contributed by atoms with Crippen LogP contribution in [-0.2, 0) is 16.6 Å². The van der Waals surface area contributed by atoms with Gasteiger partial charge in [-0.15, -0.1) is 11.3 Å². The fourth-order valence-corrected chi connectivity index (χ4v) is 5.36. The van der Waals surface area contributed by atoms with Crippen LogP contribution in [0.3, 0.4) is 0 Å². The lowest BCUT2D eigenvalue weighted by atomic mass is 10.1. The van der Waals surface area contributed by atoms with Crippen LogP contribution in [-0.4, -0.2) is 30.9 Å². The molecule has 19 heavy (non-hydrogen) atoms. The largest absolute Gasteiger partial charge is 0.391 e. The first kappa shape index (κ1) is 15.0. The van der Waals surface area contributed by atoms with Gasteiger partial charge in [0.15, 0.2) is 0 Å². The molecule has 2 rings (SSSR count). The summed E-state index contributed by atoms with van der Waals surface area (Å²) < 4.78 is 26.9. The molecule has 0 bridgehead atoms. The average Bonchev–Trinajstić information content (AvgIpc) is 2.74. The quantitative estimate of drug-likeness (QED) is 0.870. The van der Waals surface area contributed by atoms with Gasteiger partial charge in [0.05, 0.1) is 6.61 Å². The van der Waals surface area contributed by atoms with Crippen LogP contribution >= 0.6 is 11.3 Å². The highest BCUT2D eigenvalue weighted by atomic mass is 32.2. The Morgan fingerprint density at radius 1 is 1.26 bits per heavy atom. The third-order valence-electron chi connectivity index (χ3n) is 3.77. The van der Waals surface area contributed by atoms with E-state index in [0.717, 1.165) is 37.0 Å². The van der Waals surface area contributed by atoms with E-state index in [2.05, 4.69) is 0 Å². The Balaban J connectivity index is 2.17. The molecule has 1 aliphatic rings. The molecule has 0 amide bonds. The van der Waals surface area contributed by atoms with Crippen LogP contribution < -0.4 is 0 Å². The molecule has 1 heterocycles. The van der Waals surface area contributed by atoms with E-state index in [1.807, 2.05) is 0 Å². The Bertz CT molecular complexity index is 502. The second-order valence-corrected chi connectivity index (χ2v) is 8.44. The summed E-state index contributed by atoms with van der Waals surface area (Å²) in [6.45, 7) is -0.104. The summed E-state index contributed by atoms with van der Waals surface area (Å²) in [7, 11) is -1.72. The molecule has 0 aromatic carbocycles. The monoisotopic (exact) mass is 303 g/mol. The van der Waals surface area contributed by atoms with Crippen molar-refractivity contribution >= 4 is 21.4 Å². The zero-order valence-corrected chi connectivity index (χ0v) is 12.8. The Morgan fingerprint density at radius 3 is 2.42 bits per heavy atom. The molecule has 0 unspecified atom stereocenters. The van der Waals surface area contributed by atoms with E-state index < -0.39 is 10.0 Å². The first-order valence-electron chi connectivity index (χ1n) is 6.73. The lowest BCUT2D eigenvalue weighted by Crippen LogP contribution is -2.36. The van der Waals surface area contributed by atoms with E-state index in [0.29, 0.717) is 9.09 Å². The first-order valence-corrected chi connectivity index (χ1v) is 8.99. The first-order chi connectivity index (χ1) is 9.05. The van der Waals surface area contributed by atoms with Gasteiger partial charge in [-0.1, -0.05) is 25.7 Å². The van der Waals surface area contributed by atoms with Gasteiger partial charge >= 0.3 is 0 Å². The Morgan fingerprint density at radius 2 is 1.89 bits per heavy atom. The maximum Gasteiger partial charge on any atom is 0.252 e. The molecule has 6 heteroatoms. The van der Waals surface area contributed by atoms with Crippen molar-refractivity contribution in [3.05, 3.63) is 17.0 Å². The highest BCUT2D eigenvalue weighted by molar-refractivity contribution is 7.91. The van der Waals surface area contributed by atoms with Gasteiger partial charge in [0.25, 0.3) is 10.0 Å². The Labute approximate surface area is 119 Å². The summed E-state index contributed by atoms with van der Waals surface area (Å²) in [6, 6.07) is 3.39. The summed E-state index contributed by atoms with van der Waals surface area (Å²) in [5, 5.41) is 9.04. The zero-order chi connectivity index (χ0) is 13.9. The van der Waals surface area contributed by atoms with Gasteiger partial charge in [-0.3, -0.25) is 0 Å². The van der Waals surface area contributed by atoms with Crippen LogP contribution in [0.2, 0.25) is 0 Å². The van der Waals surface area contributed by atoms with E-state index in [1.54, 1.807) is 19.2 Å². The van der Waals surface area contributed by atoms with E-state index in [-0.39, 0.29) is 12.6 Å². The van der Waals surface area contributed by atoms with Crippen LogP contribution in [0.1, 0.15) is 43.4 Å². The van der Waals surface area contributed by atoms with Gasteiger partial charge in [0.1, 0.15) is 4.21 Å². The lowest BCUT2D eigenvalue weighted by Gasteiger charge is -2.25. The second kappa shape index (κ2) is 6.35. The summed E-state index contributed by atoms with van der Waals surface area (Å²) in [6.07, 6.45) is 6.53. The average molecular weight is 303 g/mol. The molecule has 0 atom stereocenters. The van der Waals surface area contributed by atoms with E-state index in [1.165, 1.54) is 17.1 Å². The Hall–Kier alpha value is -0.430. The van der Waals surface area contributed by atoms with Crippen LogP contribution in [0, 0.1) is 0 Å². The minimum atomic E-state index is -3.40. The van der Waals surface area contributed by atoms with E-state index in [9.17, 15) is 8.42 Å². The maximum absolute atomic E-state index is 12.5. The van der Waals surface area contributed by atoms with Crippen molar-refractivity contribution in [3.63, 3.8) is 0 Å². The molecule has 1 aromatic heterocycles. The predicted molar refractivity (Wildman–Crippen MR) is 76.7 cm³/mol. The van der Waals surface area contributed by atoms with Crippen LogP contribution in [0.5, 0.6) is 0 Å². The van der Waals surface area contributed by atoms with Crippen LogP contribution in [0.25, 0.3) is 0 Å². The summed E-state index contributed by atoms with van der Waals surface area (Å²) in [5.74, 6) is 0. The molecule has 1 aliphatic carbocycles. The number of sulfonamides is 1. The van der Waals surface area contributed by atoms with Gasteiger partial charge in [-0.05, 0) is 25.0 Å². The zero-order valence-electron chi connectivity index (χ0n) is 11.2. The predicted octanol–water partition coefficient (Wildman–Crippen LogP) is 2.58. The van der Waals surface area contributed by atoms with Crippen LogP contribution in [0.15, 0.2) is 16.3 Å². The van der Waals surface area contributed by atoms with Gasteiger partial charge < -0.3 is 5.11 Å². The number of nitrogens with zero attached hydrogens (tertiary/aromatic N) is 1. The molecule has 1 aromatic rings. The van der Waals surface area contributed by atoms with Gasteiger partial charge in [0, 0.05) is 18.0 Å². The van der Waals surface area contributed by atoms with Crippen molar-refractivity contribution in [1.82, 2.24) is 4.31 Å². The minimum Gasteiger partial charge on any atom is -0.391 e. The summed E-state index contributed by atoms with van der Waals surface area (Å²) in [4.78, 5) is 0.688. The molecule has 0 spiro atoms. The number of rotatable bonds is 4. The van der Waals surface area contributed by atoms with Gasteiger partial charge in [-0.2, -0.15) is 4.31 Å². The maximum atomic E-state index is 12.5. The van der Waals surface area contributed by atoms with Crippen molar-refractivity contribution in [1.29, 1.82) is 0 Å². The Kier molecular flexibility index (Phi) is 5.00. The van der Waals surface area contributed by atoms with Crippen molar-refractivity contribution in [2.45, 2.75) is 55.4 Å². The van der Waals surface area contributed by atoms with Crippen LogP contribution in [0.4, 0.5) is 0 Å². The molecular weight excluding hydrogens is 282 g/mol. The second-order valence-electron chi connectivity index (χ2n) is 5.05.